The van der Waals surface area contributed by atoms with Crippen molar-refractivity contribution in [1.29, 1.82) is 0 Å². The summed E-state index contributed by atoms with van der Waals surface area (Å²) in [5.41, 5.74) is 4.42. The molecule has 1 spiro atoms. The molecule has 0 radical (unpaired) electrons. The van der Waals surface area contributed by atoms with Crippen LogP contribution in [0.3, 0.4) is 0 Å². The molecule has 3 rings (SSSR count). The van der Waals surface area contributed by atoms with Gasteiger partial charge in [-0.15, -0.1) is 0 Å². The second-order valence-corrected chi connectivity index (χ2v) is 6.95. The summed E-state index contributed by atoms with van der Waals surface area (Å²) in [7, 11) is 1.15. The SMILES string of the molecule is CCOC(=O)CN1C(N)=C(C(=O)OCC)[C@@]2(C(=O)OC(C)=C2C(=O)OC)c2ccccc21. The van der Waals surface area contributed by atoms with Crippen molar-refractivity contribution >= 4 is 29.6 Å². The average molecular weight is 444 g/mol. The maximum atomic E-state index is 13.4. The van der Waals surface area contributed by atoms with E-state index >= 15 is 0 Å². The predicted octanol–water partition coefficient (Wildman–Crippen LogP) is 1.04. The molecule has 1 aromatic rings. The van der Waals surface area contributed by atoms with Crippen molar-refractivity contribution in [2.24, 2.45) is 5.73 Å². The minimum absolute atomic E-state index is 0.0173. The Labute approximate surface area is 184 Å². The van der Waals surface area contributed by atoms with Crippen LogP contribution in [0.15, 0.2) is 47.0 Å². The standard InChI is InChI=1S/C22H24N2O8/c1-5-30-15(25)11-24-14-10-8-7-9-13(14)22(17(18(24)23)20(27)31-6-2)16(19(26)29-4)12(3)32-21(22)28/h7-10H,5-6,11,23H2,1-4H3/t22-/m1/s1. The minimum Gasteiger partial charge on any atom is -0.466 e. The summed E-state index contributed by atoms with van der Waals surface area (Å²) in [5.74, 6) is -3.55. The van der Waals surface area contributed by atoms with Gasteiger partial charge in [-0.05, 0) is 26.8 Å². The first-order valence-electron chi connectivity index (χ1n) is 9.97. The van der Waals surface area contributed by atoms with E-state index < -0.39 is 29.3 Å². The Bertz CT molecular complexity index is 1060. The van der Waals surface area contributed by atoms with E-state index in [9.17, 15) is 19.2 Å². The van der Waals surface area contributed by atoms with E-state index in [1.165, 1.54) is 11.8 Å². The number of cyclic esters (lactones) is 1. The number of hydrogen-bond donors (Lipinski definition) is 1. The molecule has 10 heteroatoms. The van der Waals surface area contributed by atoms with Crippen LogP contribution in [0.4, 0.5) is 5.69 Å². The Kier molecular flexibility index (Phi) is 6.24. The molecule has 0 fully saturated rings. The average Bonchev–Trinajstić information content (AvgIpc) is 3.01. The number of rotatable bonds is 6. The van der Waals surface area contributed by atoms with Gasteiger partial charge in [0.2, 0.25) is 0 Å². The first kappa shape index (κ1) is 22.9. The maximum absolute atomic E-state index is 13.4. The molecule has 0 aromatic heterocycles. The zero-order valence-electron chi connectivity index (χ0n) is 18.2. The second-order valence-electron chi connectivity index (χ2n) is 6.95. The van der Waals surface area contributed by atoms with Crippen molar-refractivity contribution in [3.05, 3.63) is 52.6 Å². The van der Waals surface area contributed by atoms with Crippen molar-refractivity contribution in [1.82, 2.24) is 0 Å². The van der Waals surface area contributed by atoms with Gasteiger partial charge in [-0.2, -0.15) is 0 Å². The lowest BCUT2D eigenvalue weighted by Crippen LogP contribution is -2.51. The van der Waals surface area contributed by atoms with Crippen molar-refractivity contribution in [3.63, 3.8) is 0 Å². The molecule has 32 heavy (non-hydrogen) atoms. The lowest BCUT2D eigenvalue weighted by atomic mass is 9.66. The van der Waals surface area contributed by atoms with E-state index in [2.05, 4.69) is 0 Å². The number of anilines is 1. The highest BCUT2D eigenvalue weighted by molar-refractivity contribution is 6.16. The van der Waals surface area contributed by atoms with Gasteiger partial charge in [0.25, 0.3) is 0 Å². The monoisotopic (exact) mass is 444 g/mol. The number of carbonyl (C=O) groups is 4. The number of benzene rings is 1. The summed E-state index contributed by atoms with van der Waals surface area (Å²) >= 11 is 0. The number of methoxy groups -OCH3 is 1. The third-order valence-corrected chi connectivity index (χ3v) is 5.26. The number of carbonyl (C=O) groups excluding carboxylic acids is 4. The topological polar surface area (TPSA) is 134 Å². The van der Waals surface area contributed by atoms with E-state index in [-0.39, 0.29) is 48.0 Å². The normalized spacial score (nSPS) is 19.6. The van der Waals surface area contributed by atoms with Gasteiger partial charge in [-0.3, -0.25) is 4.79 Å². The molecular weight excluding hydrogens is 420 g/mol. The van der Waals surface area contributed by atoms with Crippen molar-refractivity contribution < 1.29 is 38.1 Å². The fraction of sp³-hybridized carbons (Fsp3) is 0.364. The number of fused-ring (bicyclic) bond motifs is 2. The molecule has 10 nitrogen and oxygen atoms in total. The summed E-state index contributed by atoms with van der Waals surface area (Å²) in [6, 6.07) is 6.47. The van der Waals surface area contributed by atoms with Gasteiger partial charge in [-0.1, -0.05) is 18.2 Å². The molecule has 1 aromatic carbocycles. The third kappa shape index (κ3) is 3.28. The van der Waals surface area contributed by atoms with Crippen molar-refractivity contribution in [2.75, 3.05) is 31.8 Å². The summed E-state index contributed by atoms with van der Waals surface area (Å²) in [4.78, 5) is 53.0. The lowest BCUT2D eigenvalue weighted by molar-refractivity contribution is -0.147. The van der Waals surface area contributed by atoms with Gasteiger partial charge >= 0.3 is 23.9 Å². The molecule has 2 N–H and O–H groups in total. The minimum atomic E-state index is -2.02. The summed E-state index contributed by atoms with van der Waals surface area (Å²) in [5, 5.41) is 0. The van der Waals surface area contributed by atoms with Crippen LogP contribution in [0.25, 0.3) is 0 Å². The quantitative estimate of drug-likeness (QED) is 0.501. The molecular formula is C22H24N2O8. The van der Waals surface area contributed by atoms with Crippen LogP contribution in [0, 0.1) is 0 Å². The molecule has 170 valence electrons. The van der Waals surface area contributed by atoms with E-state index in [1.807, 2.05) is 0 Å². The molecule has 2 aliphatic heterocycles. The molecule has 0 saturated heterocycles. The number of hydrogen-bond acceptors (Lipinski definition) is 10. The Balaban J connectivity index is 2.39. The lowest BCUT2D eigenvalue weighted by Gasteiger charge is -2.40. The van der Waals surface area contributed by atoms with Crippen LogP contribution in [0.1, 0.15) is 26.3 Å². The highest BCUT2D eigenvalue weighted by Crippen LogP contribution is 2.54. The van der Waals surface area contributed by atoms with E-state index in [0.717, 1.165) is 7.11 Å². The predicted molar refractivity (Wildman–Crippen MR) is 111 cm³/mol. The van der Waals surface area contributed by atoms with Crippen LogP contribution in [0.2, 0.25) is 0 Å². The zero-order valence-corrected chi connectivity index (χ0v) is 18.2. The highest BCUT2D eigenvalue weighted by Gasteiger charge is 2.63. The zero-order chi connectivity index (χ0) is 23.6. The van der Waals surface area contributed by atoms with Crippen LogP contribution < -0.4 is 10.6 Å². The van der Waals surface area contributed by atoms with Crippen LogP contribution in [-0.2, 0) is 43.5 Å². The van der Waals surface area contributed by atoms with Crippen molar-refractivity contribution in [2.45, 2.75) is 26.2 Å². The van der Waals surface area contributed by atoms with E-state index in [1.54, 1.807) is 38.1 Å². The third-order valence-electron chi connectivity index (χ3n) is 5.26. The molecule has 0 aliphatic carbocycles. The van der Waals surface area contributed by atoms with E-state index in [4.69, 9.17) is 24.7 Å². The van der Waals surface area contributed by atoms with Gasteiger partial charge in [0.05, 0.1) is 20.3 Å². The molecule has 0 unspecified atom stereocenters. The number of allylic oxidation sites excluding steroid dienone is 1. The van der Waals surface area contributed by atoms with Gasteiger partial charge in [0.15, 0.2) is 5.41 Å². The molecule has 0 saturated carbocycles. The summed E-state index contributed by atoms with van der Waals surface area (Å²) in [6.45, 7) is 4.46. The van der Waals surface area contributed by atoms with Crippen LogP contribution in [-0.4, -0.2) is 50.7 Å². The smallest absolute Gasteiger partial charge is 0.339 e. The number of ether oxygens (including phenoxy) is 4. The van der Waals surface area contributed by atoms with E-state index in [0.29, 0.717) is 5.69 Å². The summed E-state index contributed by atoms with van der Waals surface area (Å²) in [6.07, 6.45) is 0. The fourth-order valence-electron chi connectivity index (χ4n) is 4.09. The van der Waals surface area contributed by atoms with Crippen LogP contribution >= 0.6 is 0 Å². The Morgan fingerprint density at radius 1 is 1.06 bits per heavy atom. The number of nitrogens with two attached hydrogens (primary N) is 1. The fourth-order valence-corrected chi connectivity index (χ4v) is 4.09. The van der Waals surface area contributed by atoms with Gasteiger partial charge in [0.1, 0.15) is 29.3 Å². The maximum Gasteiger partial charge on any atom is 0.339 e. The number of nitrogens with zero attached hydrogens (tertiary/aromatic N) is 1. The number of esters is 4. The Morgan fingerprint density at radius 3 is 2.34 bits per heavy atom. The molecule has 0 bridgehead atoms. The van der Waals surface area contributed by atoms with Gasteiger partial charge in [0, 0.05) is 11.3 Å². The first-order chi connectivity index (χ1) is 15.2. The van der Waals surface area contributed by atoms with Gasteiger partial charge in [-0.25, -0.2) is 14.4 Å². The van der Waals surface area contributed by atoms with Gasteiger partial charge < -0.3 is 29.6 Å². The van der Waals surface area contributed by atoms with Crippen LogP contribution in [0.5, 0.6) is 0 Å². The molecule has 0 amide bonds. The largest absolute Gasteiger partial charge is 0.466 e. The van der Waals surface area contributed by atoms with Crippen molar-refractivity contribution in [3.8, 4) is 0 Å². The first-order valence-corrected chi connectivity index (χ1v) is 9.97. The second kappa shape index (κ2) is 8.74. The molecule has 2 aliphatic rings. The Morgan fingerprint density at radius 2 is 1.72 bits per heavy atom. The number of para-hydroxylation sites is 1. The Hall–Kier alpha value is -3.82. The highest BCUT2D eigenvalue weighted by atomic mass is 16.6. The summed E-state index contributed by atoms with van der Waals surface area (Å²) < 4.78 is 20.5. The molecule has 1 atom stereocenters. The molecule has 2 heterocycles.